The lowest BCUT2D eigenvalue weighted by molar-refractivity contribution is -0.151. The highest BCUT2D eigenvalue weighted by Crippen LogP contribution is 2.58. The number of methoxy groups -OCH3 is 1. The number of rotatable bonds is 1. The van der Waals surface area contributed by atoms with Gasteiger partial charge in [0.1, 0.15) is 0 Å². The smallest absolute Gasteiger partial charge is 0.309 e. The Labute approximate surface area is 88.4 Å². The van der Waals surface area contributed by atoms with Crippen LogP contribution in [0.1, 0.15) is 13.3 Å². The second kappa shape index (κ2) is 2.74. The highest BCUT2D eigenvalue weighted by atomic mass is 16.5. The molecule has 0 spiro atoms. The van der Waals surface area contributed by atoms with Crippen molar-refractivity contribution in [1.29, 1.82) is 0 Å². The van der Waals surface area contributed by atoms with Gasteiger partial charge in [0.25, 0.3) is 0 Å². The molecule has 2 saturated carbocycles. The summed E-state index contributed by atoms with van der Waals surface area (Å²) in [5.41, 5.74) is 0. The van der Waals surface area contributed by atoms with Crippen molar-refractivity contribution in [3.05, 3.63) is 0 Å². The van der Waals surface area contributed by atoms with Crippen LogP contribution in [-0.4, -0.2) is 25.0 Å². The lowest BCUT2D eigenvalue weighted by Crippen LogP contribution is -2.37. The molecule has 0 aromatic heterocycles. The SMILES string of the molecule is COC(=O)C1C2CC3C(NC(=O)C31)C2C. The second-order valence-electron chi connectivity index (χ2n) is 5.03. The van der Waals surface area contributed by atoms with Gasteiger partial charge in [-0.3, -0.25) is 9.59 Å². The lowest BCUT2D eigenvalue weighted by atomic mass is 9.75. The monoisotopic (exact) mass is 209 g/mol. The summed E-state index contributed by atoms with van der Waals surface area (Å²) < 4.78 is 4.82. The number of hydrogen-bond acceptors (Lipinski definition) is 3. The molecule has 2 aliphatic carbocycles. The van der Waals surface area contributed by atoms with E-state index in [1.54, 1.807) is 0 Å². The van der Waals surface area contributed by atoms with Crippen LogP contribution in [0.25, 0.3) is 0 Å². The van der Waals surface area contributed by atoms with Crippen molar-refractivity contribution in [2.24, 2.45) is 29.6 Å². The van der Waals surface area contributed by atoms with Crippen LogP contribution in [0.5, 0.6) is 0 Å². The van der Waals surface area contributed by atoms with Crippen LogP contribution < -0.4 is 5.32 Å². The van der Waals surface area contributed by atoms with E-state index in [0.717, 1.165) is 6.42 Å². The van der Waals surface area contributed by atoms with E-state index in [0.29, 0.717) is 23.8 Å². The minimum atomic E-state index is -0.199. The first kappa shape index (κ1) is 9.19. The molecule has 2 bridgehead atoms. The van der Waals surface area contributed by atoms with Crippen molar-refractivity contribution in [1.82, 2.24) is 5.32 Å². The van der Waals surface area contributed by atoms with E-state index < -0.39 is 0 Å². The van der Waals surface area contributed by atoms with Crippen LogP contribution >= 0.6 is 0 Å². The van der Waals surface area contributed by atoms with Crippen LogP contribution in [0.2, 0.25) is 0 Å². The molecule has 3 fully saturated rings. The molecule has 6 atom stereocenters. The highest BCUT2D eigenvalue weighted by Gasteiger charge is 2.65. The zero-order chi connectivity index (χ0) is 10.7. The van der Waals surface area contributed by atoms with Gasteiger partial charge in [0.2, 0.25) is 5.91 Å². The quantitative estimate of drug-likeness (QED) is 0.627. The van der Waals surface area contributed by atoms with Gasteiger partial charge >= 0.3 is 5.97 Å². The van der Waals surface area contributed by atoms with Crippen molar-refractivity contribution in [2.45, 2.75) is 19.4 Å². The molecule has 15 heavy (non-hydrogen) atoms. The first-order valence-corrected chi connectivity index (χ1v) is 5.53. The fourth-order valence-electron chi connectivity index (χ4n) is 4.02. The Bertz CT molecular complexity index is 341. The molecule has 1 aliphatic heterocycles. The summed E-state index contributed by atoms with van der Waals surface area (Å²) in [4.78, 5) is 23.4. The second-order valence-corrected chi connectivity index (χ2v) is 5.03. The zero-order valence-corrected chi connectivity index (χ0v) is 8.90. The van der Waals surface area contributed by atoms with Crippen LogP contribution in [-0.2, 0) is 14.3 Å². The Morgan fingerprint density at radius 3 is 2.87 bits per heavy atom. The number of amides is 1. The van der Waals surface area contributed by atoms with E-state index in [1.807, 2.05) is 0 Å². The average molecular weight is 209 g/mol. The van der Waals surface area contributed by atoms with Crippen LogP contribution in [0.15, 0.2) is 0 Å². The maximum absolute atomic E-state index is 11.8. The summed E-state index contributed by atoms with van der Waals surface area (Å²) in [6.07, 6.45) is 1.01. The standard InChI is InChI=1S/C11H15NO3/c1-4-5-3-6-7(8(5)11(14)15-2)10(13)12-9(4)6/h4-9H,3H2,1-2H3,(H,12,13). The molecule has 3 aliphatic rings. The minimum absolute atomic E-state index is 0.0623. The van der Waals surface area contributed by atoms with E-state index in [4.69, 9.17) is 4.74 Å². The summed E-state index contributed by atoms with van der Waals surface area (Å²) in [5.74, 6) is 0.708. The Balaban J connectivity index is 1.98. The number of nitrogens with one attached hydrogen (secondary N) is 1. The Morgan fingerprint density at radius 2 is 2.20 bits per heavy atom. The third kappa shape index (κ3) is 0.924. The summed E-state index contributed by atoms with van der Waals surface area (Å²) in [7, 11) is 1.41. The summed E-state index contributed by atoms with van der Waals surface area (Å²) in [6.45, 7) is 2.13. The maximum Gasteiger partial charge on any atom is 0.309 e. The Morgan fingerprint density at radius 1 is 1.47 bits per heavy atom. The van der Waals surface area contributed by atoms with Crippen molar-refractivity contribution in [3.63, 3.8) is 0 Å². The molecule has 4 nitrogen and oxygen atoms in total. The van der Waals surface area contributed by atoms with Gasteiger partial charge < -0.3 is 10.1 Å². The largest absolute Gasteiger partial charge is 0.469 e. The number of fused-ring (bicyclic) bond motifs is 1. The maximum atomic E-state index is 11.8. The molecule has 1 heterocycles. The predicted octanol–water partition coefficient (Wildman–Crippen LogP) is 0.176. The van der Waals surface area contributed by atoms with Gasteiger partial charge in [0.05, 0.1) is 18.9 Å². The number of carbonyl (C=O) groups is 2. The van der Waals surface area contributed by atoms with Crippen molar-refractivity contribution in [3.8, 4) is 0 Å². The van der Waals surface area contributed by atoms with Crippen LogP contribution in [0.3, 0.4) is 0 Å². The van der Waals surface area contributed by atoms with Gasteiger partial charge in [-0.15, -0.1) is 0 Å². The molecule has 6 unspecified atom stereocenters. The molecule has 1 saturated heterocycles. The molecule has 0 radical (unpaired) electrons. The topological polar surface area (TPSA) is 55.4 Å². The fraction of sp³-hybridized carbons (Fsp3) is 0.818. The third-order valence-corrected chi connectivity index (χ3v) is 4.64. The molecular weight excluding hydrogens is 194 g/mol. The Hall–Kier alpha value is -1.06. The van der Waals surface area contributed by atoms with E-state index >= 15 is 0 Å². The molecule has 0 aromatic rings. The summed E-state index contributed by atoms with van der Waals surface area (Å²) >= 11 is 0. The number of esters is 1. The molecule has 1 amide bonds. The van der Waals surface area contributed by atoms with Gasteiger partial charge in [-0.1, -0.05) is 6.92 Å². The first-order chi connectivity index (χ1) is 7.15. The van der Waals surface area contributed by atoms with Gasteiger partial charge in [-0.05, 0) is 24.2 Å². The normalized spacial score (nSPS) is 50.7. The van der Waals surface area contributed by atoms with E-state index in [9.17, 15) is 9.59 Å². The van der Waals surface area contributed by atoms with E-state index in [1.165, 1.54) is 7.11 Å². The molecular formula is C11H15NO3. The lowest BCUT2D eigenvalue weighted by Gasteiger charge is -2.28. The zero-order valence-electron chi connectivity index (χ0n) is 8.90. The third-order valence-electron chi connectivity index (χ3n) is 4.64. The summed E-state index contributed by atoms with van der Waals surface area (Å²) in [5, 5.41) is 3.02. The molecule has 1 N–H and O–H groups in total. The molecule has 82 valence electrons. The van der Waals surface area contributed by atoms with Crippen molar-refractivity contribution < 1.29 is 14.3 Å². The van der Waals surface area contributed by atoms with Crippen molar-refractivity contribution in [2.75, 3.05) is 7.11 Å². The first-order valence-electron chi connectivity index (χ1n) is 5.53. The highest BCUT2D eigenvalue weighted by molar-refractivity contribution is 5.89. The minimum Gasteiger partial charge on any atom is -0.469 e. The average Bonchev–Trinajstić information content (AvgIpc) is 2.80. The number of carbonyl (C=O) groups excluding carboxylic acids is 2. The van der Waals surface area contributed by atoms with Gasteiger partial charge in [-0.25, -0.2) is 0 Å². The molecule has 0 aromatic carbocycles. The van der Waals surface area contributed by atoms with Gasteiger partial charge in [0, 0.05) is 6.04 Å². The van der Waals surface area contributed by atoms with Crippen LogP contribution in [0, 0.1) is 29.6 Å². The number of hydrogen-bond donors (Lipinski definition) is 1. The van der Waals surface area contributed by atoms with Gasteiger partial charge in [-0.2, -0.15) is 0 Å². The van der Waals surface area contributed by atoms with Crippen LogP contribution in [0.4, 0.5) is 0 Å². The molecule has 4 heteroatoms. The number of ether oxygens (including phenoxy) is 1. The van der Waals surface area contributed by atoms with Gasteiger partial charge in [0.15, 0.2) is 0 Å². The van der Waals surface area contributed by atoms with E-state index in [2.05, 4.69) is 12.2 Å². The fourth-order valence-corrected chi connectivity index (χ4v) is 4.02. The predicted molar refractivity (Wildman–Crippen MR) is 51.7 cm³/mol. The Kier molecular flexibility index (Phi) is 1.68. The molecule has 3 rings (SSSR count). The van der Waals surface area contributed by atoms with E-state index in [-0.39, 0.29) is 23.7 Å². The van der Waals surface area contributed by atoms with Crippen molar-refractivity contribution >= 4 is 11.9 Å². The summed E-state index contributed by atoms with van der Waals surface area (Å²) in [6, 6.07) is 0.313.